The van der Waals surface area contributed by atoms with E-state index < -0.39 is 0 Å². The number of aryl methyl sites for hydroxylation is 1. The molecular weight excluding hydrogens is 354 g/mol. The van der Waals surface area contributed by atoms with Crippen LogP contribution in [0.2, 0.25) is 5.02 Å². The summed E-state index contributed by atoms with van der Waals surface area (Å²) in [6.07, 6.45) is 0. The molecule has 0 radical (unpaired) electrons. The van der Waals surface area contributed by atoms with Crippen LogP contribution in [0.25, 0.3) is 0 Å². The van der Waals surface area contributed by atoms with Crippen molar-refractivity contribution in [3.8, 4) is 5.75 Å². The lowest BCUT2D eigenvalue weighted by atomic mass is 10.1. The lowest BCUT2D eigenvalue weighted by molar-refractivity contribution is -0.122. The minimum atomic E-state index is -0.175. The second kappa shape index (κ2) is 8.44. The number of nitrogens with zero attached hydrogens (tertiary/aromatic N) is 4. The number of nitrogens with one attached hydrogen (secondary N) is 1. The number of ether oxygens (including phenoxy) is 1. The Kier molecular flexibility index (Phi) is 5.80. The molecule has 1 heterocycles. The van der Waals surface area contributed by atoms with Gasteiger partial charge in [-0.1, -0.05) is 41.4 Å². The molecule has 26 heavy (non-hydrogen) atoms. The third-order valence-corrected chi connectivity index (χ3v) is 3.94. The van der Waals surface area contributed by atoms with Gasteiger partial charge >= 0.3 is 0 Å². The van der Waals surface area contributed by atoms with Crippen molar-refractivity contribution in [2.75, 3.05) is 0 Å². The molecule has 2 aromatic carbocycles. The highest BCUT2D eigenvalue weighted by Crippen LogP contribution is 2.16. The fraction of sp³-hybridized carbons (Fsp3) is 0.222. The Labute approximate surface area is 155 Å². The van der Waals surface area contributed by atoms with Gasteiger partial charge in [-0.05, 0) is 47.2 Å². The van der Waals surface area contributed by atoms with Gasteiger partial charge in [-0.15, -0.1) is 5.10 Å². The van der Waals surface area contributed by atoms with Gasteiger partial charge in [0.1, 0.15) is 18.9 Å². The molecule has 1 amide bonds. The minimum absolute atomic E-state index is 0.0260. The first-order valence-corrected chi connectivity index (χ1v) is 8.43. The number of hydrogen-bond acceptors (Lipinski definition) is 5. The monoisotopic (exact) mass is 371 g/mol. The van der Waals surface area contributed by atoms with Crippen LogP contribution in [-0.4, -0.2) is 26.1 Å². The largest absolute Gasteiger partial charge is 0.486 e. The van der Waals surface area contributed by atoms with Gasteiger partial charge in [-0.2, -0.15) is 0 Å². The number of benzene rings is 2. The van der Waals surface area contributed by atoms with E-state index in [1.165, 1.54) is 10.2 Å². The molecule has 0 fully saturated rings. The van der Waals surface area contributed by atoms with Gasteiger partial charge in [-0.3, -0.25) is 4.79 Å². The summed E-state index contributed by atoms with van der Waals surface area (Å²) in [5.74, 6) is 0.934. The second-order valence-electron chi connectivity index (χ2n) is 5.76. The first kappa shape index (κ1) is 17.9. The molecule has 0 saturated carbocycles. The summed E-state index contributed by atoms with van der Waals surface area (Å²) in [5.41, 5.74) is 2.21. The highest BCUT2D eigenvalue weighted by Gasteiger charge is 2.11. The summed E-state index contributed by atoms with van der Waals surface area (Å²) >= 11 is 5.84. The topological polar surface area (TPSA) is 81.9 Å². The van der Waals surface area contributed by atoms with E-state index in [-0.39, 0.29) is 19.1 Å². The van der Waals surface area contributed by atoms with Gasteiger partial charge in [0.2, 0.25) is 5.91 Å². The molecule has 3 aromatic rings. The zero-order chi connectivity index (χ0) is 18.4. The van der Waals surface area contributed by atoms with Crippen LogP contribution < -0.4 is 10.1 Å². The molecule has 7 nitrogen and oxygen atoms in total. The van der Waals surface area contributed by atoms with E-state index in [1.54, 1.807) is 24.3 Å². The summed E-state index contributed by atoms with van der Waals surface area (Å²) < 4.78 is 7.03. The van der Waals surface area contributed by atoms with Gasteiger partial charge in [-0.25, -0.2) is 4.68 Å². The smallest absolute Gasteiger partial charge is 0.242 e. The number of carbonyl (C=O) groups is 1. The number of tetrazole rings is 1. The molecule has 0 aliphatic carbocycles. The van der Waals surface area contributed by atoms with E-state index in [1.807, 2.05) is 31.2 Å². The molecule has 3 rings (SSSR count). The van der Waals surface area contributed by atoms with Crippen molar-refractivity contribution >= 4 is 17.5 Å². The van der Waals surface area contributed by atoms with E-state index in [9.17, 15) is 4.79 Å². The first-order valence-electron chi connectivity index (χ1n) is 8.06. The minimum Gasteiger partial charge on any atom is -0.486 e. The molecule has 0 bridgehead atoms. The average Bonchev–Trinajstić information content (AvgIpc) is 3.08. The molecule has 0 aliphatic heterocycles. The zero-order valence-corrected chi connectivity index (χ0v) is 15.0. The van der Waals surface area contributed by atoms with E-state index in [0.29, 0.717) is 23.1 Å². The molecule has 0 aliphatic rings. The van der Waals surface area contributed by atoms with Crippen molar-refractivity contribution in [2.24, 2.45) is 0 Å². The summed E-state index contributed by atoms with van der Waals surface area (Å²) in [4.78, 5) is 12.1. The Morgan fingerprint density at radius 2 is 1.88 bits per heavy atom. The summed E-state index contributed by atoms with van der Waals surface area (Å²) in [6.45, 7) is 2.66. The second-order valence-corrected chi connectivity index (χ2v) is 6.19. The third kappa shape index (κ3) is 5.03. The molecule has 1 aromatic heterocycles. The molecule has 8 heteroatoms. The van der Waals surface area contributed by atoms with Crippen LogP contribution in [0.1, 0.15) is 17.0 Å². The summed E-state index contributed by atoms with van der Waals surface area (Å²) in [5, 5.41) is 14.8. The van der Waals surface area contributed by atoms with Gasteiger partial charge in [0.15, 0.2) is 5.82 Å². The van der Waals surface area contributed by atoms with Crippen LogP contribution in [0, 0.1) is 6.92 Å². The first-order chi connectivity index (χ1) is 12.6. The maximum absolute atomic E-state index is 12.1. The lowest BCUT2D eigenvalue weighted by Gasteiger charge is -2.08. The number of aromatic nitrogens is 4. The predicted octanol–water partition coefficient (Wildman–Crippen LogP) is 2.53. The standard InChI is InChI=1S/C18H18ClN5O2/c1-13-2-4-14(5-3-13)10-20-18(25)11-24-17(21-22-23-24)12-26-16-8-6-15(19)7-9-16/h2-9H,10-12H2,1H3,(H,20,25). The van der Waals surface area contributed by atoms with Crippen LogP contribution >= 0.6 is 11.6 Å². The van der Waals surface area contributed by atoms with Gasteiger partial charge in [0.05, 0.1) is 0 Å². The zero-order valence-electron chi connectivity index (χ0n) is 14.2. The maximum atomic E-state index is 12.1. The molecule has 0 unspecified atom stereocenters. The average molecular weight is 372 g/mol. The maximum Gasteiger partial charge on any atom is 0.242 e. The van der Waals surface area contributed by atoms with Crippen LogP contribution in [-0.2, 0) is 24.5 Å². The Bertz CT molecular complexity index is 862. The Morgan fingerprint density at radius 3 is 2.62 bits per heavy atom. The predicted molar refractivity (Wildman–Crippen MR) is 96.6 cm³/mol. The number of amides is 1. The van der Waals surface area contributed by atoms with Crippen molar-refractivity contribution in [3.05, 3.63) is 70.5 Å². The number of halogens is 1. The van der Waals surface area contributed by atoms with Crippen molar-refractivity contribution < 1.29 is 9.53 Å². The summed E-state index contributed by atoms with van der Waals surface area (Å²) in [7, 11) is 0. The summed E-state index contributed by atoms with van der Waals surface area (Å²) in [6, 6.07) is 15.0. The molecule has 1 N–H and O–H groups in total. The van der Waals surface area contributed by atoms with Crippen molar-refractivity contribution in [3.63, 3.8) is 0 Å². The quantitative estimate of drug-likeness (QED) is 0.690. The van der Waals surface area contributed by atoms with Crippen molar-refractivity contribution in [2.45, 2.75) is 26.6 Å². The molecular formula is C18H18ClN5O2. The number of rotatable bonds is 7. The number of carbonyl (C=O) groups excluding carboxylic acids is 1. The lowest BCUT2D eigenvalue weighted by Crippen LogP contribution is -2.28. The van der Waals surface area contributed by atoms with Gasteiger partial charge in [0, 0.05) is 11.6 Å². The normalized spacial score (nSPS) is 10.5. The van der Waals surface area contributed by atoms with E-state index >= 15 is 0 Å². The van der Waals surface area contributed by atoms with Crippen molar-refractivity contribution in [1.29, 1.82) is 0 Å². The third-order valence-electron chi connectivity index (χ3n) is 3.69. The van der Waals surface area contributed by atoms with Crippen LogP contribution in [0.4, 0.5) is 0 Å². The SMILES string of the molecule is Cc1ccc(CNC(=O)Cn2nnnc2COc2ccc(Cl)cc2)cc1. The van der Waals surface area contributed by atoms with E-state index in [4.69, 9.17) is 16.3 Å². The van der Waals surface area contributed by atoms with Gasteiger partial charge in [0.25, 0.3) is 0 Å². The fourth-order valence-electron chi connectivity index (χ4n) is 2.23. The van der Waals surface area contributed by atoms with E-state index in [0.717, 1.165) is 5.56 Å². The molecule has 134 valence electrons. The van der Waals surface area contributed by atoms with Crippen LogP contribution in [0.3, 0.4) is 0 Å². The molecule has 0 saturated heterocycles. The van der Waals surface area contributed by atoms with E-state index in [2.05, 4.69) is 20.8 Å². The van der Waals surface area contributed by atoms with Crippen LogP contribution in [0.5, 0.6) is 5.75 Å². The Morgan fingerprint density at radius 1 is 1.15 bits per heavy atom. The fourth-order valence-corrected chi connectivity index (χ4v) is 2.35. The Hall–Kier alpha value is -2.93. The van der Waals surface area contributed by atoms with Crippen LogP contribution in [0.15, 0.2) is 48.5 Å². The highest BCUT2D eigenvalue weighted by atomic mass is 35.5. The van der Waals surface area contributed by atoms with Crippen molar-refractivity contribution in [1.82, 2.24) is 25.5 Å². The highest BCUT2D eigenvalue weighted by molar-refractivity contribution is 6.30. The molecule has 0 spiro atoms. The van der Waals surface area contributed by atoms with Gasteiger partial charge < -0.3 is 10.1 Å². The number of hydrogen-bond donors (Lipinski definition) is 1. The Balaban J connectivity index is 1.51. The molecule has 0 atom stereocenters.